The molecule has 2 aliphatic rings. The van der Waals surface area contributed by atoms with E-state index in [1.54, 1.807) is 36.4 Å². The van der Waals surface area contributed by atoms with Gasteiger partial charge in [-0.15, -0.1) is 0 Å². The van der Waals surface area contributed by atoms with Crippen molar-refractivity contribution >= 4 is 11.5 Å². The number of hydrogen-bond donors (Lipinski definition) is 2. The summed E-state index contributed by atoms with van der Waals surface area (Å²) in [5, 5.41) is 19.3. The summed E-state index contributed by atoms with van der Waals surface area (Å²) >= 11 is 0. The van der Waals surface area contributed by atoms with Gasteiger partial charge in [0.25, 0.3) is 0 Å². The summed E-state index contributed by atoms with van der Waals surface area (Å²) in [6, 6.07) is 10.3. The summed E-state index contributed by atoms with van der Waals surface area (Å²) in [4.78, 5) is 17.3. The molecule has 0 spiro atoms. The zero-order valence-corrected chi connectivity index (χ0v) is 12.3. The number of aromatic hydroxyl groups is 1. The highest BCUT2D eigenvalue weighted by molar-refractivity contribution is 6.32. The number of fused-ring (bicyclic) bond motifs is 2. The molecule has 5 nitrogen and oxygen atoms in total. The number of phenols is 1. The predicted octanol–water partition coefficient (Wildman–Crippen LogP) is 2.27. The van der Waals surface area contributed by atoms with E-state index >= 15 is 0 Å². The van der Waals surface area contributed by atoms with E-state index in [1.165, 1.54) is 0 Å². The SMILES string of the molecule is O=C1c2cccc(O)c2C2=NC(CCCO)Oc3cccc1c32. The predicted molar refractivity (Wildman–Crippen MR) is 84.4 cm³/mol. The highest BCUT2D eigenvalue weighted by Gasteiger charge is 2.35. The molecule has 0 saturated heterocycles. The molecule has 1 heterocycles. The van der Waals surface area contributed by atoms with Crippen molar-refractivity contribution in [2.75, 3.05) is 6.61 Å². The van der Waals surface area contributed by atoms with Gasteiger partial charge in [0.05, 0.1) is 16.8 Å². The van der Waals surface area contributed by atoms with Crippen LogP contribution in [0.2, 0.25) is 0 Å². The van der Waals surface area contributed by atoms with Gasteiger partial charge in [-0.05, 0) is 18.6 Å². The Bertz CT molecular complexity index is 841. The Kier molecular flexibility index (Phi) is 3.16. The minimum absolute atomic E-state index is 0.0397. The van der Waals surface area contributed by atoms with Crippen molar-refractivity contribution in [2.45, 2.75) is 19.1 Å². The Morgan fingerprint density at radius 3 is 2.61 bits per heavy atom. The minimum atomic E-state index is -0.430. The maximum absolute atomic E-state index is 12.7. The molecule has 0 saturated carbocycles. The molecule has 0 fully saturated rings. The van der Waals surface area contributed by atoms with Gasteiger partial charge in [0.15, 0.2) is 12.0 Å². The van der Waals surface area contributed by atoms with Crippen LogP contribution >= 0.6 is 0 Å². The lowest BCUT2D eigenvalue weighted by Crippen LogP contribution is -2.30. The second kappa shape index (κ2) is 5.21. The molecule has 0 bridgehead atoms. The van der Waals surface area contributed by atoms with Crippen LogP contribution in [0.15, 0.2) is 41.4 Å². The summed E-state index contributed by atoms with van der Waals surface area (Å²) in [5.74, 6) is 0.500. The van der Waals surface area contributed by atoms with E-state index in [0.29, 0.717) is 46.6 Å². The molecular formula is C18H15NO4. The van der Waals surface area contributed by atoms with Crippen molar-refractivity contribution in [3.63, 3.8) is 0 Å². The first-order valence-corrected chi connectivity index (χ1v) is 7.56. The zero-order valence-electron chi connectivity index (χ0n) is 12.3. The van der Waals surface area contributed by atoms with E-state index in [9.17, 15) is 9.90 Å². The third-order valence-electron chi connectivity index (χ3n) is 4.18. The Morgan fingerprint density at radius 2 is 1.83 bits per heavy atom. The maximum atomic E-state index is 12.7. The van der Waals surface area contributed by atoms with Gasteiger partial charge < -0.3 is 14.9 Å². The normalized spacial score (nSPS) is 17.9. The van der Waals surface area contributed by atoms with Crippen LogP contribution in [-0.2, 0) is 0 Å². The average molecular weight is 309 g/mol. The number of ketones is 1. The zero-order chi connectivity index (χ0) is 16.0. The van der Waals surface area contributed by atoms with Gasteiger partial charge in [-0.25, -0.2) is 4.99 Å². The summed E-state index contributed by atoms with van der Waals surface area (Å²) in [6.07, 6.45) is 0.712. The van der Waals surface area contributed by atoms with Crippen LogP contribution in [0, 0.1) is 0 Å². The van der Waals surface area contributed by atoms with Gasteiger partial charge in [0.1, 0.15) is 11.5 Å². The van der Waals surface area contributed by atoms with E-state index in [2.05, 4.69) is 4.99 Å². The number of rotatable bonds is 3. The van der Waals surface area contributed by atoms with Gasteiger partial charge in [-0.1, -0.05) is 24.3 Å². The quantitative estimate of drug-likeness (QED) is 0.778. The first-order chi connectivity index (χ1) is 11.2. The fraction of sp³-hybridized carbons (Fsp3) is 0.222. The molecule has 1 aliphatic heterocycles. The van der Waals surface area contributed by atoms with E-state index in [-0.39, 0.29) is 18.1 Å². The Hall–Kier alpha value is -2.66. The average Bonchev–Trinajstić information content (AvgIpc) is 2.57. The standard InChI is InChI=1S/C18H15NO4/c20-9-3-8-14-19-17-15-10(4-1-6-12(15)21)18(22)11-5-2-7-13(23-14)16(11)17/h1-2,4-7,14,20-21H,3,8-9H2. The Balaban J connectivity index is 1.95. The summed E-state index contributed by atoms with van der Waals surface area (Å²) in [5.41, 5.74) is 2.70. The van der Waals surface area contributed by atoms with Gasteiger partial charge in [-0.2, -0.15) is 0 Å². The maximum Gasteiger partial charge on any atom is 0.194 e. The van der Waals surface area contributed by atoms with Crippen molar-refractivity contribution in [2.24, 2.45) is 4.99 Å². The van der Waals surface area contributed by atoms with Gasteiger partial charge in [0.2, 0.25) is 0 Å². The van der Waals surface area contributed by atoms with E-state index in [0.717, 1.165) is 0 Å². The van der Waals surface area contributed by atoms with Crippen molar-refractivity contribution in [3.8, 4) is 11.5 Å². The number of carbonyl (C=O) groups is 1. The lowest BCUT2D eigenvalue weighted by atomic mass is 9.82. The highest BCUT2D eigenvalue weighted by atomic mass is 16.5. The topological polar surface area (TPSA) is 79.1 Å². The van der Waals surface area contributed by atoms with Crippen LogP contribution in [0.5, 0.6) is 11.5 Å². The number of benzene rings is 2. The van der Waals surface area contributed by atoms with Crippen LogP contribution in [0.25, 0.3) is 0 Å². The molecule has 1 unspecified atom stereocenters. The number of ether oxygens (including phenoxy) is 1. The molecule has 1 atom stereocenters. The van der Waals surface area contributed by atoms with Crippen molar-refractivity contribution in [1.82, 2.24) is 0 Å². The number of aliphatic hydroxyl groups is 1. The number of carbonyl (C=O) groups excluding carboxylic acids is 1. The van der Waals surface area contributed by atoms with Crippen molar-refractivity contribution in [3.05, 3.63) is 58.7 Å². The second-order valence-corrected chi connectivity index (χ2v) is 5.62. The molecular weight excluding hydrogens is 294 g/mol. The minimum Gasteiger partial charge on any atom is -0.507 e. The first kappa shape index (κ1) is 14.0. The molecule has 2 aromatic rings. The summed E-state index contributed by atoms with van der Waals surface area (Å²) in [6.45, 7) is 0.0674. The number of aliphatic imine (C=N–C) groups is 1. The molecule has 2 aromatic carbocycles. The summed E-state index contributed by atoms with van der Waals surface area (Å²) in [7, 11) is 0. The van der Waals surface area contributed by atoms with E-state index in [4.69, 9.17) is 9.84 Å². The number of phenolic OH excluding ortho intramolecular Hbond substituents is 1. The smallest absolute Gasteiger partial charge is 0.194 e. The van der Waals surface area contributed by atoms with E-state index < -0.39 is 6.23 Å². The van der Waals surface area contributed by atoms with Gasteiger partial charge in [0, 0.05) is 24.2 Å². The highest BCUT2D eigenvalue weighted by Crippen LogP contribution is 2.40. The van der Waals surface area contributed by atoms with Crippen LogP contribution in [0.1, 0.15) is 39.9 Å². The number of nitrogens with zero attached hydrogens (tertiary/aromatic N) is 1. The lowest BCUT2D eigenvalue weighted by Gasteiger charge is -2.30. The number of aliphatic hydroxyl groups excluding tert-OH is 1. The van der Waals surface area contributed by atoms with Gasteiger partial charge >= 0.3 is 0 Å². The monoisotopic (exact) mass is 309 g/mol. The third kappa shape index (κ3) is 2.04. The van der Waals surface area contributed by atoms with Crippen LogP contribution < -0.4 is 4.74 Å². The fourth-order valence-corrected chi connectivity index (χ4v) is 3.15. The van der Waals surface area contributed by atoms with Crippen LogP contribution in [0.3, 0.4) is 0 Å². The van der Waals surface area contributed by atoms with Crippen LogP contribution in [-0.4, -0.2) is 34.5 Å². The molecule has 0 aromatic heterocycles. The second-order valence-electron chi connectivity index (χ2n) is 5.62. The van der Waals surface area contributed by atoms with Crippen molar-refractivity contribution in [1.29, 1.82) is 0 Å². The number of hydrogen-bond acceptors (Lipinski definition) is 5. The largest absolute Gasteiger partial charge is 0.507 e. The van der Waals surface area contributed by atoms with E-state index in [1.807, 2.05) is 0 Å². The molecule has 0 radical (unpaired) electrons. The first-order valence-electron chi connectivity index (χ1n) is 7.56. The third-order valence-corrected chi connectivity index (χ3v) is 4.18. The lowest BCUT2D eigenvalue weighted by molar-refractivity contribution is 0.103. The van der Waals surface area contributed by atoms with Crippen molar-refractivity contribution < 1.29 is 19.7 Å². The molecule has 0 amide bonds. The Labute approximate surface area is 132 Å². The van der Waals surface area contributed by atoms with Crippen LogP contribution in [0.4, 0.5) is 0 Å². The molecule has 23 heavy (non-hydrogen) atoms. The molecule has 4 rings (SSSR count). The fourth-order valence-electron chi connectivity index (χ4n) is 3.15. The molecule has 2 N–H and O–H groups in total. The molecule has 1 aliphatic carbocycles. The molecule has 5 heteroatoms. The molecule has 116 valence electrons. The summed E-state index contributed by atoms with van der Waals surface area (Å²) < 4.78 is 5.85. The Morgan fingerprint density at radius 1 is 1.09 bits per heavy atom. The van der Waals surface area contributed by atoms with Gasteiger partial charge in [-0.3, -0.25) is 4.79 Å².